The van der Waals surface area contributed by atoms with Gasteiger partial charge in [0, 0.05) is 0 Å². The Morgan fingerprint density at radius 2 is 2.00 bits per heavy atom. The lowest BCUT2D eigenvalue weighted by molar-refractivity contribution is -0.146. The van der Waals surface area contributed by atoms with E-state index in [0.717, 1.165) is 0 Å². The Morgan fingerprint density at radius 3 is 2.45 bits per heavy atom. The molecule has 0 bridgehead atoms. The number of carboxylic acids is 1. The summed E-state index contributed by atoms with van der Waals surface area (Å²) in [5, 5.41) is 16.9. The second-order valence-electron chi connectivity index (χ2n) is 2.39. The molecule has 0 saturated heterocycles. The Hall–Kier alpha value is -0.640. The smallest absolute Gasteiger partial charge is 0.332 e. The lowest BCUT2D eigenvalue weighted by Gasteiger charge is -2.02. The molecule has 0 rings (SSSR count). The second kappa shape index (κ2) is 6.09. The summed E-state index contributed by atoms with van der Waals surface area (Å²) in [6.07, 6.45) is 0.592. The molecule has 0 aromatic rings. The number of alkyl halides is 1. The van der Waals surface area contributed by atoms with Gasteiger partial charge in [-0.25, -0.2) is 4.79 Å². The summed E-state index contributed by atoms with van der Waals surface area (Å²) in [7, 11) is 0. The highest BCUT2D eigenvalue weighted by Gasteiger charge is 2.11. The van der Waals surface area contributed by atoms with Gasteiger partial charge in [-0.1, -0.05) is 12.8 Å². The van der Waals surface area contributed by atoms with Gasteiger partial charge in [0.25, 0.3) is 0 Å². The molecule has 0 aromatic carbocycles. The molecular formula is C7H13FO3. The minimum absolute atomic E-state index is 0.218. The number of carboxylic acid groups (broad SMARTS) is 1. The summed E-state index contributed by atoms with van der Waals surface area (Å²) in [6.45, 7) is -0.372. The van der Waals surface area contributed by atoms with E-state index in [2.05, 4.69) is 0 Å². The molecule has 0 spiro atoms. The molecular weight excluding hydrogens is 151 g/mol. The van der Waals surface area contributed by atoms with Crippen molar-refractivity contribution in [1.29, 1.82) is 0 Å². The normalized spacial score (nSPS) is 12.9. The van der Waals surface area contributed by atoms with Crippen LogP contribution in [-0.4, -0.2) is 29.0 Å². The van der Waals surface area contributed by atoms with Crippen molar-refractivity contribution in [1.82, 2.24) is 0 Å². The van der Waals surface area contributed by atoms with Gasteiger partial charge in [0.05, 0.1) is 6.67 Å². The van der Waals surface area contributed by atoms with Gasteiger partial charge in [-0.2, -0.15) is 0 Å². The average Bonchev–Trinajstić information content (AvgIpc) is 1.97. The fraction of sp³-hybridized carbons (Fsp3) is 0.857. The van der Waals surface area contributed by atoms with Gasteiger partial charge in [0.15, 0.2) is 6.10 Å². The number of carbonyl (C=O) groups is 1. The van der Waals surface area contributed by atoms with Crippen molar-refractivity contribution in [3.63, 3.8) is 0 Å². The van der Waals surface area contributed by atoms with Crippen LogP contribution in [0.15, 0.2) is 0 Å². The van der Waals surface area contributed by atoms with E-state index in [-0.39, 0.29) is 13.1 Å². The lowest BCUT2D eigenvalue weighted by Crippen LogP contribution is -2.18. The van der Waals surface area contributed by atoms with Crippen LogP contribution in [0.5, 0.6) is 0 Å². The van der Waals surface area contributed by atoms with Crippen LogP contribution in [0.2, 0.25) is 0 Å². The zero-order valence-corrected chi connectivity index (χ0v) is 6.29. The van der Waals surface area contributed by atoms with Crippen molar-refractivity contribution in [3.05, 3.63) is 0 Å². The topological polar surface area (TPSA) is 57.5 Å². The third-order valence-electron chi connectivity index (χ3n) is 1.40. The van der Waals surface area contributed by atoms with Gasteiger partial charge >= 0.3 is 5.97 Å². The standard InChI is InChI=1S/C7H13FO3/c8-5-3-1-2-4-6(9)7(10)11/h6,9H,1-5H2,(H,10,11). The van der Waals surface area contributed by atoms with Crippen LogP contribution in [0.4, 0.5) is 4.39 Å². The minimum atomic E-state index is -1.28. The van der Waals surface area contributed by atoms with Crippen LogP contribution in [0.3, 0.4) is 0 Å². The Labute approximate surface area is 64.8 Å². The minimum Gasteiger partial charge on any atom is -0.479 e. The first-order chi connectivity index (χ1) is 5.18. The molecule has 4 heteroatoms. The molecule has 0 radical (unpaired) electrons. The zero-order valence-electron chi connectivity index (χ0n) is 6.29. The van der Waals surface area contributed by atoms with Crippen LogP contribution in [0, 0.1) is 0 Å². The number of hydrogen-bond donors (Lipinski definition) is 2. The first-order valence-electron chi connectivity index (χ1n) is 3.65. The Bertz CT molecular complexity index is 116. The van der Waals surface area contributed by atoms with E-state index in [9.17, 15) is 9.18 Å². The maximum Gasteiger partial charge on any atom is 0.332 e. The van der Waals surface area contributed by atoms with Crippen molar-refractivity contribution in [3.8, 4) is 0 Å². The van der Waals surface area contributed by atoms with Crippen LogP contribution < -0.4 is 0 Å². The van der Waals surface area contributed by atoms with E-state index in [1.54, 1.807) is 0 Å². The first-order valence-corrected chi connectivity index (χ1v) is 3.65. The molecule has 0 aliphatic heterocycles. The highest BCUT2D eigenvalue weighted by atomic mass is 19.1. The van der Waals surface area contributed by atoms with E-state index in [1.807, 2.05) is 0 Å². The van der Waals surface area contributed by atoms with E-state index >= 15 is 0 Å². The number of aliphatic hydroxyl groups excluding tert-OH is 1. The Morgan fingerprint density at radius 1 is 1.36 bits per heavy atom. The summed E-state index contributed by atoms with van der Waals surface area (Å²) in [5.41, 5.74) is 0. The molecule has 0 aliphatic rings. The van der Waals surface area contributed by atoms with Gasteiger partial charge in [-0.15, -0.1) is 0 Å². The molecule has 0 aliphatic carbocycles. The third kappa shape index (κ3) is 5.79. The molecule has 2 N–H and O–H groups in total. The van der Waals surface area contributed by atoms with Gasteiger partial charge in [0.2, 0.25) is 0 Å². The molecule has 1 atom stereocenters. The predicted molar refractivity (Wildman–Crippen MR) is 38.1 cm³/mol. The third-order valence-corrected chi connectivity index (χ3v) is 1.40. The van der Waals surface area contributed by atoms with Gasteiger partial charge in [0.1, 0.15) is 0 Å². The SMILES string of the molecule is O=C(O)C(O)CCCCCF. The van der Waals surface area contributed by atoms with Crippen molar-refractivity contribution in [2.24, 2.45) is 0 Å². The summed E-state index contributed by atoms with van der Waals surface area (Å²) >= 11 is 0. The number of rotatable bonds is 6. The van der Waals surface area contributed by atoms with Gasteiger partial charge < -0.3 is 10.2 Å². The van der Waals surface area contributed by atoms with Gasteiger partial charge in [-0.05, 0) is 12.8 Å². The fourth-order valence-corrected chi connectivity index (χ4v) is 0.732. The maximum atomic E-state index is 11.5. The maximum absolute atomic E-state index is 11.5. The number of aliphatic carboxylic acids is 1. The summed E-state index contributed by atoms with van der Waals surface area (Å²) in [6, 6.07) is 0. The lowest BCUT2D eigenvalue weighted by atomic mass is 10.1. The van der Waals surface area contributed by atoms with Gasteiger partial charge in [-0.3, -0.25) is 4.39 Å². The van der Waals surface area contributed by atoms with E-state index in [1.165, 1.54) is 0 Å². The zero-order chi connectivity index (χ0) is 8.69. The quantitative estimate of drug-likeness (QED) is 0.575. The summed E-state index contributed by atoms with van der Waals surface area (Å²) in [4.78, 5) is 10.0. The average molecular weight is 164 g/mol. The Kier molecular flexibility index (Phi) is 5.74. The van der Waals surface area contributed by atoms with E-state index < -0.39 is 12.1 Å². The second-order valence-corrected chi connectivity index (χ2v) is 2.39. The highest BCUT2D eigenvalue weighted by molar-refractivity contribution is 5.71. The molecule has 66 valence electrons. The molecule has 0 heterocycles. The largest absolute Gasteiger partial charge is 0.479 e. The highest BCUT2D eigenvalue weighted by Crippen LogP contribution is 2.03. The molecule has 0 saturated carbocycles. The van der Waals surface area contributed by atoms with E-state index in [0.29, 0.717) is 19.3 Å². The summed E-state index contributed by atoms with van der Waals surface area (Å²) in [5.74, 6) is -1.20. The molecule has 11 heavy (non-hydrogen) atoms. The molecule has 1 unspecified atom stereocenters. The summed E-state index contributed by atoms with van der Waals surface area (Å²) < 4.78 is 11.5. The van der Waals surface area contributed by atoms with Crippen molar-refractivity contribution in [2.45, 2.75) is 31.8 Å². The fourth-order valence-electron chi connectivity index (χ4n) is 0.732. The Balaban J connectivity index is 3.17. The number of hydrogen-bond acceptors (Lipinski definition) is 2. The van der Waals surface area contributed by atoms with E-state index in [4.69, 9.17) is 10.2 Å². The molecule has 0 aromatic heterocycles. The molecule has 3 nitrogen and oxygen atoms in total. The first kappa shape index (κ1) is 10.4. The molecule has 0 fully saturated rings. The number of aliphatic hydroxyl groups is 1. The van der Waals surface area contributed by atoms with Crippen LogP contribution >= 0.6 is 0 Å². The predicted octanol–water partition coefficient (Wildman–Crippen LogP) is 0.962. The van der Waals surface area contributed by atoms with Crippen molar-refractivity contribution >= 4 is 5.97 Å². The number of unbranched alkanes of at least 4 members (excludes halogenated alkanes) is 2. The van der Waals surface area contributed by atoms with Crippen molar-refractivity contribution < 1.29 is 19.4 Å². The molecule has 0 amide bonds. The number of halogens is 1. The van der Waals surface area contributed by atoms with Crippen LogP contribution in [0.1, 0.15) is 25.7 Å². The van der Waals surface area contributed by atoms with Crippen molar-refractivity contribution in [2.75, 3.05) is 6.67 Å². The van der Waals surface area contributed by atoms with Crippen LogP contribution in [0.25, 0.3) is 0 Å². The monoisotopic (exact) mass is 164 g/mol. The van der Waals surface area contributed by atoms with Crippen LogP contribution in [-0.2, 0) is 4.79 Å².